The van der Waals surface area contributed by atoms with Crippen LogP contribution in [0.4, 0.5) is 0 Å². The fraction of sp³-hybridized carbons (Fsp3) is 0.600. The van der Waals surface area contributed by atoms with Crippen LogP contribution in [0.15, 0.2) is 30.3 Å². The normalized spacial score (nSPS) is 23.2. The number of aliphatic hydroxyl groups excluding tert-OH is 1. The van der Waals surface area contributed by atoms with Crippen LogP contribution in [0.25, 0.3) is 0 Å². The van der Waals surface area contributed by atoms with Crippen LogP contribution in [0, 0.1) is 0 Å². The first-order valence-corrected chi connectivity index (χ1v) is 9.06. The molecule has 0 radical (unpaired) electrons. The number of benzene rings is 1. The molecule has 0 aromatic heterocycles. The maximum absolute atomic E-state index is 11.8. The van der Waals surface area contributed by atoms with Crippen molar-refractivity contribution in [1.29, 1.82) is 0 Å². The maximum atomic E-state index is 11.8. The minimum Gasteiger partial charge on any atom is -0.387 e. The van der Waals surface area contributed by atoms with Crippen LogP contribution in [0.5, 0.6) is 0 Å². The van der Waals surface area contributed by atoms with E-state index in [0.29, 0.717) is 13.1 Å². The van der Waals surface area contributed by atoms with Gasteiger partial charge in [0, 0.05) is 19.3 Å². The Labute approximate surface area is 121 Å². The van der Waals surface area contributed by atoms with Crippen molar-refractivity contribution in [1.82, 2.24) is 4.90 Å². The first kappa shape index (κ1) is 15.5. The van der Waals surface area contributed by atoms with Crippen LogP contribution in [-0.2, 0) is 9.84 Å². The van der Waals surface area contributed by atoms with E-state index in [0.717, 1.165) is 31.4 Å². The van der Waals surface area contributed by atoms with Gasteiger partial charge in [-0.15, -0.1) is 0 Å². The van der Waals surface area contributed by atoms with Gasteiger partial charge in [0.05, 0.1) is 11.4 Å². The molecule has 20 heavy (non-hydrogen) atoms. The van der Waals surface area contributed by atoms with Crippen molar-refractivity contribution in [3.8, 4) is 0 Å². The van der Waals surface area contributed by atoms with Gasteiger partial charge in [-0.2, -0.15) is 0 Å². The Morgan fingerprint density at radius 3 is 2.65 bits per heavy atom. The highest BCUT2D eigenvalue weighted by molar-refractivity contribution is 7.91. The van der Waals surface area contributed by atoms with Crippen molar-refractivity contribution in [2.24, 2.45) is 0 Å². The topological polar surface area (TPSA) is 57.6 Å². The van der Waals surface area contributed by atoms with Crippen molar-refractivity contribution in [3.05, 3.63) is 35.9 Å². The molecule has 0 amide bonds. The van der Waals surface area contributed by atoms with E-state index in [1.165, 1.54) is 6.26 Å². The Hall–Kier alpha value is -0.910. The van der Waals surface area contributed by atoms with E-state index >= 15 is 0 Å². The summed E-state index contributed by atoms with van der Waals surface area (Å²) in [6, 6.07) is 9.52. The van der Waals surface area contributed by atoms with E-state index in [2.05, 4.69) is 4.90 Å². The molecule has 112 valence electrons. The molecule has 2 rings (SSSR count). The molecule has 1 N–H and O–H groups in total. The van der Waals surface area contributed by atoms with Gasteiger partial charge in [-0.1, -0.05) is 36.8 Å². The number of likely N-dealkylation sites (tertiary alicyclic amines) is 1. The summed E-state index contributed by atoms with van der Waals surface area (Å²) in [5.41, 5.74) is 0.882. The molecule has 0 bridgehead atoms. The molecule has 0 aliphatic carbocycles. The third-order valence-corrected chi connectivity index (χ3v) is 5.53. The van der Waals surface area contributed by atoms with Crippen molar-refractivity contribution >= 4 is 9.84 Å². The zero-order valence-electron chi connectivity index (χ0n) is 11.9. The zero-order valence-corrected chi connectivity index (χ0v) is 12.7. The van der Waals surface area contributed by atoms with Gasteiger partial charge >= 0.3 is 0 Å². The highest BCUT2D eigenvalue weighted by atomic mass is 32.2. The van der Waals surface area contributed by atoms with Crippen molar-refractivity contribution in [3.63, 3.8) is 0 Å². The highest BCUT2D eigenvalue weighted by Gasteiger charge is 2.27. The molecule has 0 saturated carbocycles. The molecule has 1 aliphatic rings. The molecule has 2 atom stereocenters. The summed E-state index contributed by atoms with van der Waals surface area (Å²) in [7, 11) is -3.01. The molecule has 1 saturated heterocycles. The Bertz CT molecular complexity index is 515. The first-order chi connectivity index (χ1) is 9.47. The van der Waals surface area contributed by atoms with E-state index < -0.39 is 15.9 Å². The predicted molar refractivity (Wildman–Crippen MR) is 80.3 cm³/mol. The van der Waals surface area contributed by atoms with Crippen LogP contribution in [-0.4, -0.2) is 49.6 Å². The van der Waals surface area contributed by atoms with E-state index in [1.54, 1.807) is 0 Å². The Balaban J connectivity index is 2.01. The first-order valence-electron chi connectivity index (χ1n) is 7.11. The Kier molecular flexibility index (Phi) is 5.18. The maximum Gasteiger partial charge on any atom is 0.151 e. The molecular formula is C15H23NO3S. The summed E-state index contributed by atoms with van der Waals surface area (Å²) in [5.74, 6) is 0. The largest absolute Gasteiger partial charge is 0.387 e. The molecule has 4 nitrogen and oxygen atoms in total. The van der Waals surface area contributed by atoms with Gasteiger partial charge in [0.15, 0.2) is 9.84 Å². The zero-order chi connectivity index (χ0) is 14.6. The molecule has 1 aromatic rings. The lowest BCUT2D eigenvalue weighted by molar-refractivity contribution is 0.115. The smallest absolute Gasteiger partial charge is 0.151 e. The van der Waals surface area contributed by atoms with Gasteiger partial charge in [0.2, 0.25) is 0 Å². The van der Waals surface area contributed by atoms with Gasteiger partial charge in [-0.25, -0.2) is 8.42 Å². The minimum absolute atomic E-state index is 0.298. The van der Waals surface area contributed by atoms with E-state index in [4.69, 9.17) is 0 Å². The monoisotopic (exact) mass is 297 g/mol. The molecule has 1 aromatic carbocycles. The van der Waals surface area contributed by atoms with Crippen LogP contribution >= 0.6 is 0 Å². The average molecular weight is 297 g/mol. The second kappa shape index (κ2) is 6.70. The summed E-state index contributed by atoms with van der Waals surface area (Å²) in [5, 5.41) is 9.96. The fourth-order valence-corrected chi connectivity index (χ4v) is 3.79. The van der Waals surface area contributed by atoms with Gasteiger partial charge in [-0.3, -0.25) is 4.90 Å². The van der Waals surface area contributed by atoms with E-state index in [-0.39, 0.29) is 5.25 Å². The fourth-order valence-electron chi connectivity index (χ4n) is 2.72. The molecule has 2 unspecified atom stereocenters. The van der Waals surface area contributed by atoms with Crippen molar-refractivity contribution in [2.45, 2.75) is 30.6 Å². The molecule has 0 spiro atoms. The third-order valence-electron chi connectivity index (χ3n) is 3.93. The number of hydrogen-bond acceptors (Lipinski definition) is 4. The van der Waals surface area contributed by atoms with Gasteiger partial charge in [-0.05, 0) is 24.9 Å². The quantitative estimate of drug-likeness (QED) is 0.917. The van der Waals surface area contributed by atoms with Crippen molar-refractivity contribution in [2.75, 3.05) is 25.9 Å². The molecule has 1 aliphatic heterocycles. The van der Waals surface area contributed by atoms with Crippen LogP contribution in [0.3, 0.4) is 0 Å². The van der Waals surface area contributed by atoms with Gasteiger partial charge < -0.3 is 5.11 Å². The summed E-state index contributed by atoms with van der Waals surface area (Å²) in [6.45, 7) is 1.88. The summed E-state index contributed by atoms with van der Waals surface area (Å²) in [4.78, 5) is 2.08. The summed E-state index contributed by atoms with van der Waals surface area (Å²) < 4.78 is 23.5. The van der Waals surface area contributed by atoms with Gasteiger partial charge in [0.25, 0.3) is 0 Å². The van der Waals surface area contributed by atoms with Gasteiger partial charge in [0.1, 0.15) is 0 Å². The summed E-state index contributed by atoms with van der Waals surface area (Å²) >= 11 is 0. The van der Waals surface area contributed by atoms with Crippen LogP contribution in [0.2, 0.25) is 0 Å². The Morgan fingerprint density at radius 1 is 1.30 bits per heavy atom. The Morgan fingerprint density at radius 2 is 2.00 bits per heavy atom. The second-order valence-electron chi connectivity index (χ2n) is 5.63. The standard InChI is InChI=1S/C15H23NO3S/c1-20(18,19)14-9-5-6-10-16(11-14)12-15(17)13-7-3-2-4-8-13/h2-4,7-8,14-15,17H,5-6,9-12H2,1H3. The van der Waals surface area contributed by atoms with Crippen molar-refractivity contribution < 1.29 is 13.5 Å². The minimum atomic E-state index is -3.01. The molecule has 1 heterocycles. The number of hydrogen-bond donors (Lipinski definition) is 1. The van der Waals surface area contributed by atoms with Crippen LogP contribution < -0.4 is 0 Å². The average Bonchev–Trinajstić information content (AvgIpc) is 2.65. The van der Waals surface area contributed by atoms with E-state index in [1.807, 2.05) is 30.3 Å². The third kappa shape index (κ3) is 4.30. The number of nitrogens with zero attached hydrogens (tertiary/aromatic N) is 1. The lowest BCUT2D eigenvalue weighted by atomic mass is 10.1. The summed E-state index contributed by atoms with van der Waals surface area (Å²) in [6.07, 6.45) is 3.42. The lowest BCUT2D eigenvalue weighted by Crippen LogP contribution is -2.37. The number of aliphatic hydroxyl groups is 1. The predicted octanol–water partition coefficient (Wildman–Crippen LogP) is 1.62. The molecule has 5 heteroatoms. The SMILES string of the molecule is CS(=O)(=O)C1CCCCN(CC(O)c2ccccc2)C1. The van der Waals surface area contributed by atoms with E-state index in [9.17, 15) is 13.5 Å². The molecule has 1 fully saturated rings. The highest BCUT2D eigenvalue weighted by Crippen LogP contribution is 2.20. The molecular weight excluding hydrogens is 274 g/mol. The lowest BCUT2D eigenvalue weighted by Gasteiger charge is -2.26. The van der Waals surface area contributed by atoms with Crippen LogP contribution in [0.1, 0.15) is 30.9 Å². The number of β-amino-alcohol motifs (C(OH)–C–C–N with tert-alkyl or cyclic N) is 1. The second-order valence-corrected chi connectivity index (χ2v) is 7.96. The number of sulfone groups is 1. The number of rotatable bonds is 4.